The van der Waals surface area contributed by atoms with Gasteiger partial charge in [0.1, 0.15) is 0 Å². The molecular formula is C13H13NO3. The number of rotatable bonds is 3. The number of nitrogen functional groups attached to an aromatic ring is 1. The molecule has 0 aliphatic heterocycles. The van der Waals surface area contributed by atoms with Crippen molar-refractivity contribution in [1.29, 1.82) is 0 Å². The fourth-order valence-corrected chi connectivity index (χ4v) is 1.55. The molecule has 0 aliphatic carbocycles. The van der Waals surface area contributed by atoms with E-state index in [1.807, 2.05) is 12.1 Å². The molecule has 0 amide bonds. The Labute approximate surface area is 99.0 Å². The van der Waals surface area contributed by atoms with Crippen molar-refractivity contribution in [3.8, 4) is 11.1 Å². The molecule has 0 fully saturated rings. The second-order valence-corrected chi connectivity index (χ2v) is 3.51. The summed E-state index contributed by atoms with van der Waals surface area (Å²) in [5, 5.41) is 0. The van der Waals surface area contributed by atoms with Gasteiger partial charge in [-0.1, -0.05) is 12.1 Å². The van der Waals surface area contributed by atoms with Crippen LogP contribution in [0.1, 0.15) is 17.5 Å². The third kappa shape index (κ3) is 2.30. The van der Waals surface area contributed by atoms with Gasteiger partial charge in [0, 0.05) is 11.3 Å². The van der Waals surface area contributed by atoms with Crippen molar-refractivity contribution in [2.45, 2.75) is 6.92 Å². The molecule has 0 saturated heterocycles. The minimum atomic E-state index is -0.454. The predicted octanol–water partition coefficient (Wildman–Crippen LogP) is 2.71. The summed E-state index contributed by atoms with van der Waals surface area (Å²) in [6, 6.07) is 8.96. The number of hydrogen-bond donors (Lipinski definition) is 1. The lowest BCUT2D eigenvalue weighted by Gasteiger charge is -2.03. The van der Waals surface area contributed by atoms with Gasteiger partial charge in [0.2, 0.25) is 5.76 Å². The van der Waals surface area contributed by atoms with E-state index in [0.29, 0.717) is 17.9 Å². The fourth-order valence-electron chi connectivity index (χ4n) is 1.55. The van der Waals surface area contributed by atoms with Gasteiger partial charge in [-0.25, -0.2) is 4.79 Å². The molecule has 88 valence electrons. The summed E-state index contributed by atoms with van der Waals surface area (Å²) in [7, 11) is 0. The van der Waals surface area contributed by atoms with E-state index in [0.717, 1.165) is 5.56 Å². The average Bonchev–Trinajstić information content (AvgIpc) is 2.79. The van der Waals surface area contributed by atoms with Gasteiger partial charge in [-0.3, -0.25) is 0 Å². The number of benzene rings is 1. The van der Waals surface area contributed by atoms with E-state index in [-0.39, 0.29) is 5.76 Å². The van der Waals surface area contributed by atoms with Gasteiger partial charge in [0.05, 0.1) is 12.9 Å². The van der Waals surface area contributed by atoms with Crippen molar-refractivity contribution < 1.29 is 13.9 Å². The van der Waals surface area contributed by atoms with Crippen LogP contribution in [0.5, 0.6) is 0 Å². The highest BCUT2D eigenvalue weighted by molar-refractivity contribution is 5.94. The number of anilines is 1. The average molecular weight is 231 g/mol. The maximum atomic E-state index is 11.6. The molecule has 2 N–H and O–H groups in total. The van der Waals surface area contributed by atoms with Crippen LogP contribution < -0.4 is 5.73 Å². The molecule has 0 atom stereocenters. The number of carbonyl (C=O) groups is 1. The summed E-state index contributed by atoms with van der Waals surface area (Å²) in [6.07, 6.45) is 1.47. The smallest absolute Gasteiger partial charge is 0.374 e. The minimum Gasteiger partial charge on any atom is -0.460 e. The van der Waals surface area contributed by atoms with E-state index in [4.69, 9.17) is 14.9 Å². The number of nitrogens with two attached hydrogens (primary N) is 1. The maximum absolute atomic E-state index is 11.6. The Morgan fingerprint density at radius 2 is 2.00 bits per heavy atom. The van der Waals surface area contributed by atoms with Crippen molar-refractivity contribution in [3.63, 3.8) is 0 Å². The van der Waals surface area contributed by atoms with Gasteiger partial charge in [0.15, 0.2) is 0 Å². The van der Waals surface area contributed by atoms with Crippen LogP contribution >= 0.6 is 0 Å². The van der Waals surface area contributed by atoms with Gasteiger partial charge < -0.3 is 14.9 Å². The van der Waals surface area contributed by atoms with Crippen LogP contribution in [0.4, 0.5) is 5.69 Å². The predicted molar refractivity (Wildman–Crippen MR) is 64.5 cm³/mol. The second-order valence-electron chi connectivity index (χ2n) is 3.51. The minimum absolute atomic E-state index is 0.219. The van der Waals surface area contributed by atoms with Gasteiger partial charge >= 0.3 is 5.97 Å². The van der Waals surface area contributed by atoms with E-state index in [2.05, 4.69) is 0 Å². The molecule has 0 radical (unpaired) electrons. The lowest BCUT2D eigenvalue weighted by molar-refractivity contribution is 0.0491. The molecule has 17 heavy (non-hydrogen) atoms. The molecule has 2 aromatic rings. The van der Waals surface area contributed by atoms with Crippen LogP contribution in [0, 0.1) is 0 Å². The molecule has 1 aromatic heterocycles. The third-order valence-corrected chi connectivity index (χ3v) is 2.35. The van der Waals surface area contributed by atoms with Crippen molar-refractivity contribution in [3.05, 3.63) is 42.4 Å². The normalized spacial score (nSPS) is 10.2. The Hall–Kier alpha value is -2.23. The molecule has 2 rings (SSSR count). The molecule has 1 heterocycles. The van der Waals surface area contributed by atoms with E-state index in [1.165, 1.54) is 6.26 Å². The highest BCUT2D eigenvalue weighted by Gasteiger charge is 2.17. The van der Waals surface area contributed by atoms with Gasteiger partial charge in [-0.2, -0.15) is 0 Å². The largest absolute Gasteiger partial charge is 0.460 e. The summed E-state index contributed by atoms with van der Waals surface area (Å²) in [6.45, 7) is 2.07. The van der Waals surface area contributed by atoms with E-state index in [9.17, 15) is 4.79 Å². The molecule has 0 spiro atoms. The first-order chi connectivity index (χ1) is 8.22. The van der Waals surface area contributed by atoms with Gasteiger partial charge in [0.25, 0.3) is 0 Å². The zero-order valence-corrected chi connectivity index (χ0v) is 9.47. The van der Waals surface area contributed by atoms with Crippen molar-refractivity contribution in [1.82, 2.24) is 0 Å². The van der Waals surface area contributed by atoms with E-state index >= 15 is 0 Å². The highest BCUT2D eigenvalue weighted by atomic mass is 16.5. The number of esters is 1. The molecule has 0 saturated carbocycles. The molecule has 1 aromatic carbocycles. The Balaban J connectivity index is 2.36. The number of carbonyl (C=O) groups excluding carboxylic acids is 1. The maximum Gasteiger partial charge on any atom is 0.374 e. The number of hydrogen-bond acceptors (Lipinski definition) is 4. The van der Waals surface area contributed by atoms with Crippen LogP contribution in [-0.2, 0) is 4.74 Å². The van der Waals surface area contributed by atoms with Gasteiger partial charge in [-0.15, -0.1) is 0 Å². The first kappa shape index (κ1) is 11.3. The molecule has 0 bridgehead atoms. The third-order valence-electron chi connectivity index (χ3n) is 2.35. The molecule has 4 nitrogen and oxygen atoms in total. The van der Waals surface area contributed by atoms with Gasteiger partial charge in [-0.05, 0) is 30.7 Å². The summed E-state index contributed by atoms with van der Waals surface area (Å²) < 4.78 is 10.1. The highest BCUT2D eigenvalue weighted by Crippen LogP contribution is 2.26. The summed E-state index contributed by atoms with van der Waals surface area (Å²) in [5.74, 6) is -0.235. The Morgan fingerprint density at radius 1 is 1.29 bits per heavy atom. The van der Waals surface area contributed by atoms with Crippen molar-refractivity contribution >= 4 is 11.7 Å². The molecule has 0 unspecified atom stereocenters. The zero-order valence-electron chi connectivity index (χ0n) is 9.47. The Bertz CT molecular complexity index is 514. The quantitative estimate of drug-likeness (QED) is 0.651. The zero-order chi connectivity index (χ0) is 12.3. The fraction of sp³-hybridized carbons (Fsp3) is 0.154. The summed E-state index contributed by atoms with van der Waals surface area (Å²) in [4.78, 5) is 11.6. The standard InChI is InChI=1S/C13H13NO3/c1-2-16-13(15)12-11(7-8-17-12)9-3-5-10(14)6-4-9/h3-8H,2,14H2,1H3. The van der Waals surface area contributed by atoms with E-state index < -0.39 is 5.97 Å². The summed E-state index contributed by atoms with van der Waals surface area (Å²) >= 11 is 0. The first-order valence-corrected chi connectivity index (χ1v) is 5.33. The van der Waals surface area contributed by atoms with Crippen LogP contribution in [0.25, 0.3) is 11.1 Å². The van der Waals surface area contributed by atoms with Crippen LogP contribution in [-0.4, -0.2) is 12.6 Å². The second kappa shape index (κ2) is 4.74. The monoisotopic (exact) mass is 231 g/mol. The van der Waals surface area contributed by atoms with Crippen molar-refractivity contribution in [2.24, 2.45) is 0 Å². The van der Waals surface area contributed by atoms with Crippen molar-refractivity contribution in [2.75, 3.05) is 12.3 Å². The number of ether oxygens (including phenoxy) is 1. The molecular weight excluding hydrogens is 218 g/mol. The SMILES string of the molecule is CCOC(=O)c1occc1-c1ccc(N)cc1. The molecule has 4 heteroatoms. The Kier molecular flexibility index (Phi) is 3.14. The van der Waals surface area contributed by atoms with Crippen LogP contribution in [0.3, 0.4) is 0 Å². The van der Waals surface area contributed by atoms with Crippen LogP contribution in [0.2, 0.25) is 0 Å². The molecule has 0 aliphatic rings. The first-order valence-electron chi connectivity index (χ1n) is 5.33. The number of furan rings is 1. The lowest BCUT2D eigenvalue weighted by atomic mass is 10.1. The summed E-state index contributed by atoms with van der Waals surface area (Å²) in [5.41, 5.74) is 7.87. The van der Waals surface area contributed by atoms with E-state index in [1.54, 1.807) is 25.1 Å². The Morgan fingerprint density at radius 3 is 2.65 bits per heavy atom. The topological polar surface area (TPSA) is 65.5 Å². The van der Waals surface area contributed by atoms with Crippen LogP contribution in [0.15, 0.2) is 41.0 Å². The lowest BCUT2D eigenvalue weighted by Crippen LogP contribution is -2.04.